The fourth-order valence-electron chi connectivity index (χ4n) is 2.93. The first-order valence-corrected chi connectivity index (χ1v) is 12.7. The van der Waals surface area contributed by atoms with Crippen LogP contribution in [0.1, 0.15) is 35.3 Å². The summed E-state index contributed by atoms with van der Waals surface area (Å²) in [7, 11) is -7.19. The van der Waals surface area contributed by atoms with Gasteiger partial charge >= 0.3 is 0 Å². The lowest BCUT2D eigenvalue weighted by atomic mass is 10.1. The van der Waals surface area contributed by atoms with Crippen LogP contribution in [0.4, 0.5) is 11.4 Å². The van der Waals surface area contributed by atoms with Gasteiger partial charge < -0.3 is 5.32 Å². The Bertz CT molecular complexity index is 1150. The Morgan fingerprint density at radius 1 is 0.933 bits per heavy atom. The summed E-state index contributed by atoms with van der Waals surface area (Å²) in [5.41, 5.74) is 2.16. The van der Waals surface area contributed by atoms with Crippen LogP contribution in [0.3, 0.4) is 0 Å². The third kappa shape index (κ3) is 5.59. The third-order valence-electron chi connectivity index (χ3n) is 4.56. The zero-order valence-corrected chi connectivity index (χ0v) is 19.3. The first kappa shape index (κ1) is 23.8. The molecule has 0 bridgehead atoms. The molecule has 2 N–H and O–H groups in total. The number of benzene rings is 2. The molecule has 10 heteroatoms. The molecule has 0 fully saturated rings. The summed E-state index contributed by atoms with van der Waals surface area (Å²) in [5.74, 6) is -0.500. The molecule has 0 radical (unpaired) electrons. The molecule has 0 heterocycles. The molecule has 1 amide bonds. The highest BCUT2D eigenvalue weighted by atomic mass is 32.2. The molecule has 0 aliphatic heterocycles. The number of nitrogens with one attached hydrogen (secondary N) is 2. The third-order valence-corrected chi connectivity index (χ3v) is 7.35. The number of sulfonamides is 2. The van der Waals surface area contributed by atoms with Crippen LogP contribution >= 0.6 is 0 Å². The molecular weight excluding hydrogens is 426 g/mol. The molecule has 2 aromatic carbocycles. The van der Waals surface area contributed by atoms with E-state index in [1.54, 1.807) is 52.0 Å². The zero-order chi connectivity index (χ0) is 22.7. The summed E-state index contributed by atoms with van der Waals surface area (Å²) in [6.07, 6.45) is 1.04. The zero-order valence-electron chi connectivity index (χ0n) is 17.7. The number of hydrogen-bond acceptors (Lipinski definition) is 5. The second kappa shape index (κ2) is 9.15. The van der Waals surface area contributed by atoms with Crippen LogP contribution in [0.15, 0.2) is 41.3 Å². The van der Waals surface area contributed by atoms with Crippen molar-refractivity contribution in [2.45, 2.75) is 32.6 Å². The van der Waals surface area contributed by atoms with Crippen molar-refractivity contribution < 1.29 is 21.6 Å². The van der Waals surface area contributed by atoms with Crippen molar-refractivity contribution in [3.8, 4) is 0 Å². The molecule has 0 spiro atoms. The van der Waals surface area contributed by atoms with Crippen LogP contribution in [0.5, 0.6) is 0 Å². The van der Waals surface area contributed by atoms with Crippen LogP contribution in [0.2, 0.25) is 0 Å². The maximum atomic E-state index is 12.9. The number of amides is 1. The predicted molar refractivity (Wildman–Crippen MR) is 119 cm³/mol. The normalized spacial score (nSPS) is 12.1. The second-order valence-corrected chi connectivity index (χ2v) is 10.6. The first-order valence-electron chi connectivity index (χ1n) is 9.39. The molecule has 2 aromatic rings. The number of hydrogen-bond donors (Lipinski definition) is 2. The van der Waals surface area contributed by atoms with Gasteiger partial charge in [-0.15, -0.1) is 0 Å². The standard InChI is InChI=1S/C20H27N3O5S2/c1-6-23(7-2)30(27,28)19-12-16(10-8-15(19)4)20(24)21-17-11-9-14(3)18(13-17)22-29(5,25)26/h8-13,22H,6-7H2,1-5H3,(H,21,24). The molecule has 0 saturated carbocycles. The lowest BCUT2D eigenvalue weighted by molar-refractivity contribution is 0.102. The minimum Gasteiger partial charge on any atom is -0.322 e. The van der Waals surface area contributed by atoms with E-state index in [-0.39, 0.29) is 10.5 Å². The highest BCUT2D eigenvalue weighted by Gasteiger charge is 2.24. The molecule has 0 saturated heterocycles. The Kier molecular flexibility index (Phi) is 7.27. The van der Waals surface area contributed by atoms with Gasteiger partial charge in [-0.1, -0.05) is 26.0 Å². The van der Waals surface area contributed by atoms with Crippen molar-refractivity contribution in [1.82, 2.24) is 4.31 Å². The molecular formula is C20H27N3O5S2. The quantitative estimate of drug-likeness (QED) is 0.638. The van der Waals surface area contributed by atoms with Crippen molar-refractivity contribution in [2.75, 3.05) is 29.4 Å². The highest BCUT2D eigenvalue weighted by molar-refractivity contribution is 7.92. The van der Waals surface area contributed by atoms with Crippen molar-refractivity contribution in [1.29, 1.82) is 0 Å². The highest BCUT2D eigenvalue weighted by Crippen LogP contribution is 2.24. The molecule has 0 aliphatic rings. The average Bonchev–Trinajstić information content (AvgIpc) is 2.64. The van der Waals surface area contributed by atoms with E-state index in [2.05, 4.69) is 10.0 Å². The summed E-state index contributed by atoms with van der Waals surface area (Å²) in [5, 5.41) is 2.68. The predicted octanol–water partition coefficient (Wildman–Crippen LogP) is 2.96. The number of aryl methyl sites for hydroxylation is 2. The summed E-state index contributed by atoms with van der Waals surface area (Å²) in [6.45, 7) is 7.59. The van der Waals surface area contributed by atoms with Crippen LogP contribution in [-0.4, -0.2) is 46.4 Å². The number of carbonyl (C=O) groups is 1. The molecule has 30 heavy (non-hydrogen) atoms. The number of anilines is 2. The lowest BCUT2D eigenvalue weighted by Gasteiger charge is -2.20. The van der Waals surface area contributed by atoms with Crippen LogP contribution in [0, 0.1) is 13.8 Å². The summed E-state index contributed by atoms with van der Waals surface area (Å²) < 4.78 is 52.6. The second-order valence-electron chi connectivity index (χ2n) is 6.93. The van der Waals surface area contributed by atoms with Gasteiger partial charge in [0.2, 0.25) is 20.0 Å². The van der Waals surface area contributed by atoms with Gasteiger partial charge in [-0.05, 0) is 49.2 Å². The van der Waals surface area contributed by atoms with Gasteiger partial charge in [0.15, 0.2) is 0 Å². The molecule has 164 valence electrons. The van der Waals surface area contributed by atoms with Crippen LogP contribution in [0.25, 0.3) is 0 Å². The SMILES string of the molecule is CCN(CC)S(=O)(=O)c1cc(C(=O)Nc2ccc(C)c(NS(C)(=O)=O)c2)ccc1C. The van der Waals surface area contributed by atoms with Crippen molar-refractivity contribution in [2.24, 2.45) is 0 Å². The van der Waals surface area contributed by atoms with Crippen molar-refractivity contribution in [3.63, 3.8) is 0 Å². The minimum atomic E-state index is -3.72. The van der Waals surface area contributed by atoms with Crippen molar-refractivity contribution >= 4 is 37.3 Å². The van der Waals surface area contributed by atoms with Gasteiger partial charge in [-0.3, -0.25) is 9.52 Å². The lowest BCUT2D eigenvalue weighted by Crippen LogP contribution is -2.31. The molecule has 0 aliphatic carbocycles. The van der Waals surface area contributed by atoms with Crippen molar-refractivity contribution in [3.05, 3.63) is 53.1 Å². The topological polar surface area (TPSA) is 113 Å². The number of rotatable bonds is 8. The molecule has 0 aromatic heterocycles. The van der Waals surface area contributed by atoms with E-state index in [1.165, 1.54) is 16.4 Å². The van der Waals surface area contributed by atoms with Crippen LogP contribution < -0.4 is 10.0 Å². The first-order chi connectivity index (χ1) is 13.9. The van der Waals surface area contributed by atoms with E-state index in [0.717, 1.165) is 6.26 Å². The summed E-state index contributed by atoms with van der Waals surface area (Å²) >= 11 is 0. The largest absolute Gasteiger partial charge is 0.322 e. The van der Waals surface area contributed by atoms with E-state index < -0.39 is 26.0 Å². The summed E-state index contributed by atoms with van der Waals surface area (Å²) in [4.78, 5) is 12.8. The van der Waals surface area contributed by atoms with Gasteiger partial charge in [-0.2, -0.15) is 4.31 Å². The maximum Gasteiger partial charge on any atom is 0.255 e. The van der Waals surface area contributed by atoms with Gasteiger partial charge in [0, 0.05) is 24.3 Å². The number of nitrogens with zero attached hydrogens (tertiary/aromatic N) is 1. The van der Waals surface area contributed by atoms with Gasteiger partial charge in [0.25, 0.3) is 5.91 Å². The molecule has 0 atom stereocenters. The average molecular weight is 454 g/mol. The fraction of sp³-hybridized carbons (Fsp3) is 0.350. The number of carbonyl (C=O) groups excluding carboxylic acids is 1. The van der Waals surface area contributed by atoms with E-state index in [1.807, 2.05) is 0 Å². The molecule has 8 nitrogen and oxygen atoms in total. The fourth-order valence-corrected chi connectivity index (χ4v) is 5.26. The Balaban J connectivity index is 2.36. The smallest absolute Gasteiger partial charge is 0.255 e. The Morgan fingerprint density at radius 3 is 2.10 bits per heavy atom. The van der Waals surface area contributed by atoms with Gasteiger partial charge in [0.05, 0.1) is 16.8 Å². The summed E-state index contributed by atoms with van der Waals surface area (Å²) in [6, 6.07) is 9.34. The Hall–Kier alpha value is -2.43. The van der Waals surface area contributed by atoms with E-state index >= 15 is 0 Å². The monoisotopic (exact) mass is 453 g/mol. The molecule has 0 unspecified atom stereocenters. The van der Waals surface area contributed by atoms with Gasteiger partial charge in [-0.25, -0.2) is 16.8 Å². The van der Waals surface area contributed by atoms with E-state index in [9.17, 15) is 21.6 Å². The maximum absolute atomic E-state index is 12.9. The molecule has 2 rings (SSSR count). The van der Waals surface area contributed by atoms with E-state index in [4.69, 9.17) is 0 Å². The Labute approximate surface area is 178 Å². The minimum absolute atomic E-state index is 0.0854. The van der Waals surface area contributed by atoms with Crippen LogP contribution in [-0.2, 0) is 20.0 Å². The van der Waals surface area contributed by atoms with E-state index in [0.29, 0.717) is 35.6 Å². The van der Waals surface area contributed by atoms with Gasteiger partial charge in [0.1, 0.15) is 0 Å². The Morgan fingerprint density at radius 2 is 1.53 bits per heavy atom.